The summed E-state index contributed by atoms with van der Waals surface area (Å²) >= 11 is 0. The Kier molecular flexibility index (Phi) is 6.98. The summed E-state index contributed by atoms with van der Waals surface area (Å²) in [5.74, 6) is 0.176. The lowest BCUT2D eigenvalue weighted by Crippen LogP contribution is -2.45. The maximum absolute atomic E-state index is 12.3. The van der Waals surface area contributed by atoms with Crippen LogP contribution in [0.2, 0.25) is 0 Å². The van der Waals surface area contributed by atoms with E-state index in [0.717, 1.165) is 32.4 Å². The third-order valence-corrected chi connectivity index (χ3v) is 3.33. The minimum Gasteiger partial charge on any atom is -0.379 e. The van der Waals surface area contributed by atoms with Gasteiger partial charge in [0.1, 0.15) is 0 Å². The van der Waals surface area contributed by atoms with E-state index in [4.69, 9.17) is 4.74 Å². The molecule has 0 aliphatic carbocycles. The summed E-state index contributed by atoms with van der Waals surface area (Å²) in [4.78, 5) is 14.1. The van der Waals surface area contributed by atoms with Gasteiger partial charge in [-0.3, -0.25) is 4.79 Å². The number of hydrogen-bond donors (Lipinski definition) is 1. The number of carbonyl (C=O) groups is 1. The molecule has 0 bridgehead atoms. The molecule has 1 amide bonds. The SMILES string of the molecule is C=CCCCN(C)C(=O)C1COCC1NCCC. The number of ether oxygens (including phenoxy) is 1. The summed E-state index contributed by atoms with van der Waals surface area (Å²) < 4.78 is 5.44. The first kappa shape index (κ1) is 15.2. The van der Waals surface area contributed by atoms with E-state index in [2.05, 4.69) is 18.8 Å². The highest BCUT2D eigenvalue weighted by Crippen LogP contribution is 2.16. The lowest BCUT2D eigenvalue weighted by molar-refractivity contribution is -0.134. The molecule has 0 radical (unpaired) electrons. The topological polar surface area (TPSA) is 41.6 Å². The summed E-state index contributed by atoms with van der Waals surface area (Å²) in [5, 5.41) is 3.40. The third-order valence-electron chi connectivity index (χ3n) is 3.33. The van der Waals surface area contributed by atoms with Crippen molar-refractivity contribution in [2.75, 3.05) is 33.4 Å². The van der Waals surface area contributed by atoms with Gasteiger partial charge in [0.25, 0.3) is 0 Å². The number of carbonyl (C=O) groups excluding carboxylic acids is 1. The van der Waals surface area contributed by atoms with Crippen LogP contribution in [0.4, 0.5) is 0 Å². The van der Waals surface area contributed by atoms with Gasteiger partial charge in [0.2, 0.25) is 5.91 Å². The van der Waals surface area contributed by atoms with Gasteiger partial charge in [0.15, 0.2) is 0 Å². The maximum atomic E-state index is 12.3. The number of nitrogens with zero attached hydrogens (tertiary/aromatic N) is 1. The second kappa shape index (κ2) is 8.27. The molecule has 4 heteroatoms. The van der Waals surface area contributed by atoms with E-state index in [-0.39, 0.29) is 17.9 Å². The maximum Gasteiger partial charge on any atom is 0.229 e. The first-order chi connectivity index (χ1) is 8.70. The summed E-state index contributed by atoms with van der Waals surface area (Å²) in [7, 11) is 1.88. The van der Waals surface area contributed by atoms with Crippen LogP contribution >= 0.6 is 0 Å². The average molecular weight is 254 g/mol. The van der Waals surface area contributed by atoms with Crippen molar-refractivity contribution in [3.8, 4) is 0 Å². The van der Waals surface area contributed by atoms with Gasteiger partial charge in [-0.25, -0.2) is 0 Å². The summed E-state index contributed by atoms with van der Waals surface area (Å²) in [6, 6.07) is 0.180. The molecule has 0 aromatic rings. The molecule has 1 saturated heterocycles. The van der Waals surface area contributed by atoms with E-state index in [9.17, 15) is 4.79 Å². The van der Waals surface area contributed by atoms with Crippen LogP contribution in [0.15, 0.2) is 12.7 Å². The molecule has 2 atom stereocenters. The molecular weight excluding hydrogens is 228 g/mol. The number of rotatable bonds is 8. The van der Waals surface area contributed by atoms with Gasteiger partial charge >= 0.3 is 0 Å². The number of hydrogen-bond acceptors (Lipinski definition) is 3. The van der Waals surface area contributed by atoms with Crippen LogP contribution in [0.25, 0.3) is 0 Å². The molecule has 1 aliphatic rings. The van der Waals surface area contributed by atoms with Crippen molar-refractivity contribution in [3.63, 3.8) is 0 Å². The highest BCUT2D eigenvalue weighted by molar-refractivity contribution is 5.79. The zero-order valence-corrected chi connectivity index (χ0v) is 11.7. The standard InChI is InChI=1S/C14H26N2O2/c1-4-6-7-9-16(3)14(17)12-10-18-11-13(12)15-8-5-2/h4,12-13,15H,1,5-11H2,2-3H3. The van der Waals surface area contributed by atoms with Gasteiger partial charge in [-0.05, 0) is 25.8 Å². The van der Waals surface area contributed by atoms with Crippen molar-refractivity contribution in [2.45, 2.75) is 32.2 Å². The van der Waals surface area contributed by atoms with Crippen molar-refractivity contribution >= 4 is 5.91 Å². The first-order valence-corrected chi connectivity index (χ1v) is 6.87. The molecule has 18 heavy (non-hydrogen) atoms. The zero-order chi connectivity index (χ0) is 13.4. The molecule has 1 rings (SSSR count). The molecule has 1 heterocycles. The Balaban J connectivity index is 2.40. The third kappa shape index (κ3) is 4.42. The lowest BCUT2D eigenvalue weighted by atomic mass is 10.0. The van der Waals surface area contributed by atoms with Crippen molar-refractivity contribution in [3.05, 3.63) is 12.7 Å². The number of nitrogens with one attached hydrogen (secondary N) is 1. The van der Waals surface area contributed by atoms with Gasteiger partial charge in [-0.1, -0.05) is 13.0 Å². The normalized spacial score (nSPS) is 23.0. The molecule has 1 fully saturated rings. The zero-order valence-electron chi connectivity index (χ0n) is 11.7. The Morgan fingerprint density at radius 1 is 1.56 bits per heavy atom. The summed E-state index contributed by atoms with van der Waals surface area (Å²) in [6.45, 7) is 8.75. The van der Waals surface area contributed by atoms with Crippen LogP contribution in [-0.2, 0) is 9.53 Å². The van der Waals surface area contributed by atoms with Crippen LogP contribution < -0.4 is 5.32 Å². The fourth-order valence-corrected chi connectivity index (χ4v) is 2.19. The second-order valence-corrected chi connectivity index (χ2v) is 4.90. The Labute approximate surface area is 110 Å². The molecular formula is C14H26N2O2. The first-order valence-electron chi connectivity index (χ1n) is 6.87. The second-order valence-electron chi connectivity index (χ2n) is 4.90. The van der Waals surface area contributed by atoms with Gasteiger partial charge in [-0.15, -0.1) is 6.58 Å². The average Bonchev–Trinajstić information content (AvgIpc) is 2.83. The minimum atomic E-state index is -0.0229. The van der Waals surface area contributed by atoms with E-state index in [1.54, 1.807) is 0 Å². The predicted molar refractivity (Wildman–Crippen MR) is 73.5 cm³/mol. The molecule has 1 aliphatic heterocycles. The molecule has 0 saturated carbocycles. The molecule has 0 aromatic carbocycles. The van der Waals surface area contributed by atoms with Crippen molar-refractivity contribution in [1.82, 2.24) is 10.2 Å². The number of unbranched alkanes of at least 4 members (excludes halogenated alkanes) is 1. The fourth-order valence-electron chi connectivity index (χ4n) is 2.19. The Morgan fingerprint density at radius 3 is 3.00 bits per heavy atom. The van der Waals surface area contributed by atoms with E-state index in [0.29, 0.717) is 13.2 Å². The lowest BCUT2D eigenvalue weighted by Gasteiger charge is -2.24. The Morgan fingerprint density at radius 2 is 2.33 bits per heavy atom. The van der Waals surface area contributed by atoms with Crippen LogP contribution in [-0.4, -0.2) is 50.2 Å². The monoisotopic (exact) mass is 254 g/mol. The predicted octanol–water partition coefficient (Wildman–Crippen LogP) is 1.43. The van der Waals surface area contributed by atoms with E-state index < -0.39 is 0 Å². The van der Waals surface area contributed by atoms with Crippen LogP contribution in [0, 0.1) is 5.92 Å². The van der Waals surface area contributed by atoms with Crippen LogP contribution in [0.1, 0.15) is 26.2 Å². The van der Waals surface area contributed by atoms with Crippen molar-refractivity contribution < 1.29 is 9.53 Å². The van der Waals surface area contributed by atoms with Gasteiger partial charge < -0.3 is 15.0 Å². The van der Waals surface area contributed by atoms with Crippen molar-refractivity contribution in [2.24, 2.45) is 5.92 Å². The highest BCUT2D eigenvalue weighted by atomic mass is 16.5. The Hall–Kier alpha value is -0.870. The van der Waals surface area contributed by atoms with E-state index in [1.165, 1.54) is 0 Å². The summed E-state index contributed by atoms with van der Waals surface area (Å²) in [5.41, 5.74) is 0. The fraction of sp³-hybridized carbons (Fsp3) is 0.786. The number of amides is 1. The molecule has 1 N–H and O–H groups in total. The Bertz CT molecular complexity index is 269. The smallest absolute Gasteiger partial charge is 0.229 e. The quantitative estimate of drug-likeness (QED) is 0.526. The largest absolute Gasteiger partial charge is 0.379 e. The van der Waals surface area contributed by atoms with E-state index >= 15 is 0 Å². The number of allylic oxidation sites excluding steroid dienone is 1. The van der Waals surface area contributed by atoms with E-state index in [1.807, 2.05) is 18.0 Å². The molecule has 4 nitrogen and oxygen atoms in total. The highest BCUT2D eigenvalue weighted by Gasteiger charge is 2.34. The van der Waals surface area contributed by atoms with Gasteiger partial charge in [0.05, 0.1) is 19.1 Å². The minimum absolute atomic E-state index is 0.0229. The molecule has 0 aromatic heterocycles. The van der Waals surface area contributed by atoms with Gasteiger partial charge in [0, 0.05) is 19.6 Å². The summed E-state index contributed by atoms with van der Waals surface area (Å²) in [6.07, 6.45) is 4.90. The molecule has 104 valence electrons. The molecule has 2 unspecified atom stereocenters. The van der Waals surface area contributed by atoms with Crippen LogP contribution in [0.3, 0.4) is 0 Å². The molecule has 0 spiro atoms. The van der Waals surface area contributed by atoms with Crippen molar-refractivity contribution in [1.29, 1.82) is 0 Å². The van der Waals surface area contributed by atoms with Crippen LogP contribution in [0.5, 0.6) is 0 Å². The van der Waals surface area contributed by atoms with Gasteiger partial charge in [-0.2, -0.15) is 0 Å².